The summed E-state index contributed by atoms with van der Waals surface area (Å²) in [5.41, 5.74) is -0.0741. The van der Waals surface area contributed by atoms with E-state index in [1.54, 1.807) is 32.9 Å². The molecule has 0 saturated carbocycles. The van der Waals surface area contributed by atoms with E-state index in [1.807, 2.05) is 6.07 Å². The zero-order chi connectivity index (χ0) is 17.7. The molecular formula is C16H16N2O4S2. The molecule has 0 aliphatic carbocycles. The molecule has 2 aromatic heterocycles. The molecule has 0 spiro atoms. The summed E-state index contributed by atoms with van der Waals surface area (Å²) in [6, 6.07) is 5.36. The Morgan fingerprint density at radius 2 is 1.96 bits per heavy atom. The van der Waals surface area contributed by atoms with Gasteiger partial charge in [-0.3, -0.25) is 0 Å². The van der Waals surface area contributed by atoms with Gasteiger partial charge in [-0.2, -0.15) is 0 Å². The van der Waals surface area contributed by atoms with Crippen molar-refractivity contribution >= 4 is 48.1 Å². The van der Waals surface area contributed by atoms with Crippen LogP contribution < -0.4 is 0 Å². The van der Waals surface area contributed by atoms with Gasteiger partial charge in [-0.15, -0.1) is 11.3 Å². The number of carbonyl (C=O) groups is 1. The first-order chi connectivity index (χ1) is 11.0. The third-order valence-electron chi connectivity index (χ3n) is 3.16. The van der Waals surface area contributed by atoms with Crippen LogP contribution in [0.2, 0.25) is 0 Å². The molecule has 6 nitrogen and oxygen atoms in total. The quantitative estimate of drug-likeness (QED) is 0.513. The largest absolute Gasteiger partial charge is 0.456 e. The molecule has 0 aliphatic rings. The fourth-order valence-corrected chi connectivity index (χ4v) is 3.64. The van der Waals surface area contributed by atoms with Gasteiger partial charge in [0.2, 0.25) is 15.0 Å². The number of ether oxygens (including phenoxy) is 1. The molecular weight excluding hydrogens is 348 g/mol. The molecule has 24 heavy (non-hydrogen) atoms. The molecule has 0 atom stereocenters. The normalized spacial score (nSPS) is 12.7. The molecule has 0 amide bonds. The highest BCUT2D eigenvalue weighted by atomic mass is 32.2. The van der Waals surface area contributed by atoms with Gasteiger partial charge in [-0.1, -0.05) is 0 Å². The van der Waals surface area contributed by atoms with Crippen molar-refractivity contribution in [3.63, 3.8) is 0 Å². The number of hydrogen-bond donors (Lipinski definition) is 0. The third-order valence-corrected chi connectivity index (χ3v) is 5.10. The fourth-order valence-electron chi connectivity index (χ4n) is 2.20. The van der Waals surface area contributed by atoms with Crippen molar-refractivity contribution in [2.75, 3.05) is 6.26 Å². The van der Waals surface area contributed by atoms with E-state index in [-0.39, 0.29) is 5.16 Å². The van der Waals surface area contributed by atoms with Crippen LogP contribution in [0.3, 0.4) is 0 Å². The number of nitrogens with zero attached hydrogens (tertiary/aromatic N) is 2. The standard InChI is InChI=1S/C16H16N2O4S2/c1-16(2,3)22-14(19)12-7-10-11(23-12)6-5-9-8-17-15(18-13(9)10)24(4,20)21/h5-8H,1-4H3. The van der Waals surface area contributed by atoms with Gasteiger partial charge < -0.3 is 4.74 Å². The minimum Gasteiger partial charge on any atom is -0.456 e. The molecule has 1 aromatic carbocycles. The Morgan fingerprint density at radius 1 is 1.25 bits per heavy atom. The molecule has 0 fully saturated rings. The molecule has 3 aromatic rings. The highest BCUT2D eigenvalue weighted by Crippen LogP contribution is 2.32. The van der Waals surface area contributed by atoms with Crippen LogP contribution in [0.5, 0.6) is 0 Å². The van der Waals surface area contributed by atoms with Crippen molar-refractivity contribution < 1.29 is 17.9 Å². The number of sulfone groups is 1. The van der Waals surface area contributed by atoms with E-state index < -0.39 is 21.4 Å². The van der Waals surface area contributed by atoms with Crippen LogP contribution in [-0.2, 0) is 14.6 Å². The van der Waals surface area contributed by atoms with Gasteiger partial charge in [0, 0.05) is 27.9 Å². The summed E-state index contributed by atoms with van der Waals surface area (Å²) in [4.78, 5) is 20.8. The van der Waals surface area contributed by atoms with Gasteiger partial charge in [0.15, 0.2) is 0 Å². The lowest BCUT2D eigenvalue weighted by atomic mass is 10.1. The van der Waals surface area contributed by atoms with Gasteiger partial charge in [0.25, 0.3) is 0 Å². The predicted molar refractivity (Wildman–Crippen MR) is 93.2 cm³/mol. The fraction of sp³-hybridized carbons (Fsp3) is 0.312. The number of esters is 1. The van der Waals surface area contributed by atoms with Crippen molar-refractivity contribution in [2.45, 2.75) is 31.5 Å². The maximum absolute atomic E-state index is 12.3. The average molecular weight is 364 g/mol. The second-order valence-corrected chi connectivity index (χ2v) is 9.45. The molecule has 126 valence electrons. The topological polar surface area (TPSA) is 86.2 Å². The molecule has 0 aliphatic heterocycles. The Morgan fingerprint density at radius 3 is 2.58 bits per heavy atom. The van der Waals surface area contributed by atoms with Crippen molar-refractivity contribution in [3.8, 4) is 0 Å². The Balaban J connectivity index is 2.18. The number of carbonyl (C=O) groups excluding carboxylic acids is 1. The van der Waals surface area contributed by atoms with Crippen LogP contribution in [0.15, 0.2) is 29.6 Å². The Kier molecular flexibility index (Phi) is 3.84. The molecule has 0 bridgehead atoms. The SMILES string of the molecule is CC(C)(C)OC(=O)c1cc2c(ccc3cnc(S(C)(=O)=O)nc32)s1. The summed E-state index contributed by atoms with van der Waals surface area (Å²) in [6.45, 7) is 5.41. The smallest absolute Gasteiger partial charge is 0.348 e. The average Bonchev–Trinajstić information content (AvgIpc) is 2.88. The van der Waals surface area contributed by atoms with Crippen LogP contribution >= 0.6 is 11.3 Å². The number of fused-ring (bicyclic) bond motifs is 3. The Labute approximate surface area is 143 Å². The van der Waals surface area contributed by atoms with Crippen LogP contribution in [0.4, 0.5) is 0 Å². The van der Waals surface area contributed by atoms with E-state index >= 15 is 0 Å². The van der Waals surface area contributed by atoms with Crippen LogP contribution in [0.1, 0.15) is 30.4 Å². The lowest BCUT2D eigenvalue weighted by Gasteiger charge is -2.18. The Bertz CT molecular complexity index is 1060. The number of benzene rings is 1. The van der Waals surface area contributed by atoms with E-state index in [2.05, 4.69) is 9.97 Å². The predicted octanol–water partition coefficient (Wildman–Crippen LogP) is 3.20. The minimum absolute atomic E-state index is 0.229. The van der Waals surface area contributed by atoms with E-state index in [1.165, 1.54) is 17.5 Å². The second kappa shape index (κ2) is 5.49. The minimum atomic E-state index is -3.51. The summed E-state index contributed by atoms with van der Waals surface area (Å²) in [5, 5.41) is 1.20. The zero-order valence-corrected chi connectivity index (χ0v) is 15.3. The highest BCUT2D eigenvalue weighted by Gasteiger charge is 2.21. The molecule has 8 heteroatoms. The van der Waals surface area contributed by atoms with Gasteiger partial charge in [-0.05, 0) is 39.0 Å². The third kappa shape index (κ3) is 3.25. The second-order valence-electron chi connectivity index (χ2n) is 6.45. The van der Waals surface area contributed by atoms with Crippen molar-refractivity contribution in [2.24, 2.45) is 0 Å². The van der Waals surface area contributed by atoms with Gasteiger partial charge in [0.05, 0.1) is 5.52 Å². The number of rotatable bonds is 2. The number of thiophene rings is 1. The first-order valence-electron chi connectivity index (χ1n) is 7.17. The van der Waals surface area contributed by atoms with Crippen LogP contribution in [-0.4, -0.2) is 36.2 Å². The summed E-state index contributed by atoms with van der Waals surface area (Å²) in [6.07, 6.45) is 2.54. The lowest BCUT2D eigenvalue weighted by molar-refractivity contribution is 0.00753. The lowest BCUT2D eigenvalue weighted by Crippen LogP contribution is -2.23. The van der Waals surface area contributed by atoms with E-state index in [0.29, 0.717) is 21.2 Å². The molecule has 0 unspecified atom stereocenters. The van der Waals surface area contributed by atoms with Crippen molar-refractivity contribution in [1.82, 2.24) is 9.97 Å². The van der Waals surface area contributed by atoms with Crippen molar-refractivity contribution in [3.05, 3.63) is 29.3 Å². The monoisotopic (exact) mass is 364 g/mol. The molecule has 3 rings (SSSR count). The van der Waals surface area contributed by atoms with E-state index in [0.717, 1.165) is 11.0 Å². The highest BCUT2D eigenvalue weighted by molar-refractivity contribution is 7.90. The van der Waals surface area contributed by atoms with E-state index in [9.17, 15) is 13.2 Å². The Hall–Kier alpha value is -2.06. The number of hydrogen-bond acceptors (Lipinski definition) is 7. The maximum atomic E-state index is 12.3. The molecule has 0 radical (unpaired) electrons. The molecule has 0 N–H and O–H groups in total. The first kappa shape index (κ1) is 16.8. The van der Waals surface area contributed by atoms with Gasteiger partial charge >= 0.3 is 5.97 Å². The van der Waals surface area contributed by atoms with Gasteiger partial charge in [0.1, 0.15) is 10.5 Å². The molecule has 0 saturated heterocycles. The van der Waals surface area contributed by atoms with Crippen molar-refractivity contribution in [1.29, 1.82) is 0 Å². The van der Waals surface area contributed by atoms with E-state index in [4.69, 9.17) is 4.74 Å². The summed E-state index contributed by atoms with van der Waals surface area (Å²) < 4.78 is 29.6. The summed E-state index contributed by atoms with van der Waals surface area (Å²) >= 11 is 1.29. The molecule has 2 heterocycles. The maximum Gasteiger partial charge on any atom is 0.348 e. The van der Waals surface area contributed by atoms with Crippen LogP contribution in [0.25, 0.3) is 21.0 Å². The van der Waals surface area contributed by atoms with Crippen LogP contribution in [0, 0.1) is 0 Å². The summed E-state index contributed by atoms with van der Waals surface area (Å²) in [5.74, 6) is -0.408. The zero-order valence-electron chi connectivity index (χ0n) is 13.7. The number of aromatic nitrogens is 2. The van der Waals surface area contributed by atoms with Gasteiger partial charge in [-0.25, -0.2) is 23.2 Å². The first-order valence-corrected chi connectivity index (χ1v) is 9.88. The summed E-state index contributed by atoms with van der Waals surface area (Å²) in [7, 11) is -3.51.